The maximum absolute atomic E-state index is 12.4. The Morgan fingerprint density at radius 3 is 2.22 bits per heavy atom. The minimum Gasteiger partial charge on any atom is -0.478 e. The Bertz CT molecular complexity index is 1200. The number of nitrogens with zero attached hydrogens (tertiary/aromatic N) is 1. The second kappa shape index (κ2) is 7.88. The van der Waals surface area contributed by atoms with Crippen LogP contribution in [-0.2, 0) is 11.8 Å². The minimum atomic E-state index is -0.872. The first-order valence-corrected chi connectivity index (χ1v) is 11.4. The summed E-state index contributed by atoms with van der Waals surface area (Å²) in [6.45, 7) is 13.4. The Morgan fingerprint density at radius 2 is 1.62 bits per heavy atom. The number of hydrogen-bond donors (Lipinski definition) is 1. The van der Waals surface area contributed by atoms with Crippen molar-refractivity contribution in [3.63, 3.8) is 0 Å². The topological polar surface area (TPSA) is 50.2 Å². The van der Waals surface area contributed by atoms with Gasteiger partial charge in [-0.1, -0.05) is 84.0 Å². The first-order valence-electron chi connectivity index (χ1n) is 11.4. The van der Waals surface area contributed by atoms with Crippen LogP contribution >= 0.6 is 0 Å². The van der Waals surface area contributed by atoms with Crippen LogP contribution in [-0.4, -0.2) is 16.1 Å². The van der Waals surface area contributed by atoms with Crippen LogP contribution < -0.4 is 0 Å². The van der Waals surface area contributed by atoms with Crippen LogP contribution in [0.5, 0.6) is 0 Å². The number of para-hydroxylation sites is 1. The Hall–Kier alpha value is -2.94. The molecule has 0 spiro atoms. The third-order valence-electron chi connectivity index (χ3n) is 6.77. The number of pyridine rings is 1. The highest BCUT2D eigenvalue weighted by Crippen LogP contribution is 2.44. The van der Waals surface area contributed by atoms with Crippen molar-refractivity contribution >= 4 is 28.5 Å². The number of aromatic carboxylic acids is 1. The SMILES string of the molecule is CC(C)(C)c1ccc(C=C2CC(C(C)(C)C)Cc3c2nc2ccccc2c3C(=O)O)cc1. The van der Waals surface area contributed by atoms with Gasteiger partial charge < -0.3 is 5.11 Å². The number of carboxylic acids is 1. The maximum atomic E-state index is 12.4. The number of aromatic nitrogens is 1. The maximum Gasteiger partial charge on any atom is 0.336 e. The molecule has 0 saturated heterocycles. The van der Waals surface area contributed by atoms with Gasteiger partial charge in [-0.15, -0.1) is 0 Å². The molecule has 1 atom stereocenters. The summed E-state index contributed by atoms with van der Waals surface area (Å²) in [7, 11) is 0. The molecular weight excluding hydrogens is 394 g/mol. The molecule has 0 aliphatic heterocycles. The summed E-state index contributed by atoms with van der Waals surface area (Å²) in [5.74, 6) is -0.528. The van der Waals surface area contributed by atoms with Crippen molar-refractivity contribution in [2.75, 3.05) is 0 Å². The molecule has 3 heteroatoms. The molecule has 1 heterocycles. The third-order valence-corrected chi connectivity index (χ3v) is 6.77. The van der Waals surface area contributed by atoms with Crippen molar-refractivity contribution in [1.82, 2.24) is 4.98 Å². The highest BCUT2D eigenvalue weighted by molar-refractivity contribution is 6.06. The average molecular weight is 428 g/mol. The lowest BCUT2D eigenvalue weighted by Crippen LogP contribution is -2.28. The van der Waals surface area contributed by atoms with E-state index in [1.54, 1.807) is 0 Å². The number of rotatable bonds is 2. The Balaban J connectivity index is 1.92. The molecule has 0 radical (unpaired) electrons. The molecule has 1 aliphatic carbocycles. The molecule has 4 rings (SSSR count). The van der Waals surface area contributed by atoms with Gasteiger partial charge >= 0.3 is 5.97 Å². The van der Waals surface area contributed by atoms with Crippen LogP contribution in [0, 0.1) is 11.3 Å². The molecule has 0 bridgehead atoms. The van der Waals surface area contributed by atoms with E-state index in [0.29, 0.717) is 11.5 Å². The Morgan fingerprint density at radius 1 is 0.969 bits per heavy atom. The molecule has 166 valence electrons. The molecule has 1 unspecified atom stereocenters. The van der Waals surface area contributed by atoms with Crippen LogP contribution in [0.25, 0.3) is 22.6 Å². The van der Waals surface area contributed by atoms with E-state index in [4.69, 9.17) is 4.98 Å². The fourth-order valence-electron chi connectivity index (χ4n) is 4.66. The molecule has 3 aromatic rings. The minimum absolute atomic E-state index is 0.0638. The number of carboxylic acid groups (broad SMARTS) is 1. The van der Waals surface area contributed by atoms with Crippen molar-refractivity contribution in [2.45, 2.75) is 59.8 Å². The number of carbonyl (C=O) groups is 1. The summed E-state index contributed by atoms with van der Waals surface area (Å²) in [4.78, 5) is 17.4. The standard InChI is InChI=1S/C29H33NO2/c1-28(2,3)20-13-11-18(12-14-20)15-19-16-21(29(4,5)6)17-23-25(27(31)32)22-9-7-8-10-24(22)30-26(19)23/h7-15,21H,16-17H2,1-6H3,(H,31,32). The average Bonchev–Trinajstić information content (AvgIpc) is 2.71. The van der Waals surface area contributed by atoms with Crippen molar-refractivity contribution < 1.29 is 9.90 Å². The van der Waals surface area contributed by atoms with Crippen LogP contribution in [0.1, 0.15) is 80.7 Å². The number of fused-ring (bicyclic) bond motifs is 2. The highest BCUT2D eigenvalue weighted by atomic mass is 16.4. The fraction of sp³-hybridized carbons (Fsp3) is 0.379. The second-order valence-corrected chi connectivity index (χ2v) is 11.1. The molecule has 32 heavy (non-hydrogen) atoms. The van der Waals surface area contributed by atoms with Gasteiger partial charge in [-0.25, -0.2) is 9.78 Å². The van der Waals surface area contributed by atoms with Crippen molar-refractivity contribution in [3.05, 3.63) is 76.5 Å². The lowest BCUT2D eigenvalue weighted by Gasteiger charge is -2.36. The Kier molecular flexibility index (Phi) is 5.48. The Labute approximate surface area is 191 Å². The predicted molar refractivity (Wildman–Crippen MR) is 133 cm³/mol. The van der Waals surface area contributed by atoms with E-state index in [2.05, 4.69) is 71.9 Å². The van der Waals surface area contributed by atoms with E-state index < -0.39 is 5.97 Å². The zero-order valence-electron chi connectivity index (χ0n) is 20.0. The van der Waals surface area contributed by atoms with Gasteiger partial charge in [0, 0.05) is 5.39 Å². The molecular formula is C29H33NO2. The van der Waals surface area contributed by atoms with Crippen molar-refractivity contribution in [3.8, 4) is 0 Å². The summed E-state index contributed by atoms with van der Waals surface area (Å²) in [6.07, 6.45) is 3.83. The van der Waals surface area contributed by atoms with E-state index in [-0.39, 0.29) is 10.8 Å². The van der Waals surface area contributed by atoms with Crippen LogP contribution in [0.4, 0.5) is 0 Å². The van der Waals surface area contributed by atoms with Gasteiger partial charge in [-0.2, -0.15) is 0 Å². The highest BCUT2D eigenvalue weighted by Gasteiger charge is 2.35. The smallest absolute Gasteiger partial charge is 0.336 e. The molecule has 3 nitrogen and oxygen atoms in total. The lowest BCUT2D eigenvalue weighted by molar-refractivity contribution is 0.0696. The number of benzene rings is 2. The normalized spacial score (nSPS) is 18.1. The van der Waals surface area contributed by atoms with E-state index in [0.717, 1.165) is 46.1 Å². The molecule has 1 aliphatic rings. The largest absolute Gasteiger partial charge is 0.478 e. The third kappa shape index (κ3) is 4.21. The van der Waals surface area contributed by atoms with Gasteiger partial charge in [0.2, 0.25) is 0 Å². The zero-order valence-corrected chi connectivity index (χ0v) is 20.0. The van der Waals surface area contributed by atoms with E-state index in [1.807, 2.05) is 24.3 Å². The summed E-state index contributed by atoms with van der Waals surface area (Å²) in [5, 5.41) is 10.9. The van der Waals surface area contributed by atoms with Crippen LogP contribution in [0.15, 0.2) is 48.5 Å². The van der Waals surface area contributed by atoms with Gasteiger partial charge in [0.1, 0.15) is 0 Å². The number of hydrogen-bond acceptors (Lipinski definition) is 2. The van der Waals surface area contributed by atoms with Gasteiger partial charge in [0.25, 0.3) is 0 Å². The molecule has 1 N–H and O–H groups in total. The first-order chi connectivity index (χ1) is 14.9. The quantitative estimate of drug-likeness (QED) is 0.464. The summed E-state index contributed by atoms with van der Waals surface area (Å²) in [5.41, 5.74) is 6.60. The summed E-state index contributed by atoms with van der Waals surface area (Å²) in [6, 6.07) is 16.3. The van der Waals surface area contributed by atoms with Gasteiger partial charge in [-0.3, -0.25) is 0 Å². The van der Waals surface area contributed by atoms with Crippen molar-refractivity contribution in [1.29, 1.82) is 0 Å². The lowest BCUT2D eigenvalue weighted by atomic mass is 9.69. The van der Waals surface area contributed by atoms with Gasteiger partial charge in [-0.05, 0) is 64.0 Å². The monoisotopic (exact) mass is 427 g/mol. The molecule has 2 aromatic carbocycles. The van der Waals surface area contributed by atoms with E-state index in [9.17, 15) is 9.90 Å². The van der Waals surface area contributed by atoms with E-state index >= 15 is 0 Å². The molecule has 0 saturated carbocycles. The summed E-state index contributed by atoms with van der Waals surface area (Å²) >= 11 is 0. The molecule has 0 amide bonds. The van der Waals surface area contributed by atoms with Crippen LogP contribution in [0.2, 0.25) is 0 Å². The number of allylic oxidation sites excluding steroid dienone is 1. The molecule has 0 fully saturated rings. The van der Waals surface area contributed by atoms with Gasteiger partial charge in [0.15, 0.2) is 0 Å². The van der Waals surface area contributed by atoms with Gasteiger partial charge in [0.05, 0.1) is 16.8 Å². The zero-order chi connectivity index (χ0) is 23.3. The second-order valence-electron chi connectivity index (χ2n) is 11.1. The van der Waals surface area contributed by atoms with E-state index in [1.165, 1.54) is 5.56 Å². The first kappa shape index (κ1) is 22.3. The van der Waals surface area contributed by atoms with Crippen molar-refractivity contribution in [2.24, 2.45) is 11.3 Å². The predicted octanol–water partition coefficient (Wildman–Crippen LogP) is 7.38. The van der Waals surface area contributed by atoms with Crippen LogP contribution in [0.3, 0.4) is 0 Å². The summed E-state index contributed by atoms with van der Waals surface area (Å²) < 4.78 is 0. The fourth-order valence-corrected chi connectivity index (χ4v) is 4.66. The molecule has 1 aromatic heterocycles.